The van der Waals surface area contributed by atoms with E-state index in [-0.39, 0.29) is 11.8 Å². The summed E-state index contributed by atoms with van der Waals surface area (Å²) in [4.78, 5) is 0. The first kappa shape index (κ1) is 6.00. The lowest BCUT2D eigenvalue weighted by molar-refractivity contribution is 0.455. The monoisotopic (exact) mass is 130 g/mol. The average molecular weight is 130 g/mol. The molecule has 0 aliphatic heterocycles. The summed E-state index contributed by atoms with van der Waals surface area (Å²) in [6.45, 7) is -0.624. The zero-order valence-corrected chi connectivity index (χ0v) is 5.00. The fraction of sp³-hybridized carbons (Fsp3) is 0.500. The summed E-state index contributed by atoms with van der Waals surface area (Å²) in [6, 6.07) is 0. The molecule has 1 aromatic rings. The third-order valence-corrected chi connectivity index (χ3v) is 1.12. The van der Waals surface area contributed by atoms with E-state index in [9.17, 15) is 4.39 Å². The number of alkyl halides is 1. The molecular formula is C4H7FN4. The highest BCUT2D eigenvalue weighted by Crippen LogP contribution is 1.99. The van der Waals surface area contributed by atoms with Crippen molar-refractivity contribution in [1.29, 1.82) is 0 Å². The molecule has 0 fully saturated rings. The Labute approximate surface area is 51.5 Å². The highest BCUT2D eigenvalue weighted by molar-refractivity contribution is 5.15. The Morgan fingerprint density at radius 1 is 1.67 bits per heavy atom. The number of hydrogen-bond acceptors (Lipinski definition) is 3. The molecular weight excluding hydrogens is 123 g/mol. The zero-order chi connectivity index (χ0) is 6.85. The fourth-order valence-corrected chi connectivity index (χ4v) is 0.492. The number of rotatable bonds is 1. The van der Waals surface area contributed by atoms with E-state index in [0.717, 1.165) is 0 Å². The van der Waals surface area contributed by atoms with E-state index >= 15 is 0 Å². The van der Waals surface area contributed by atoms with Gasteiger partial charge in [-0.3, -0.25) is 4.57 Å². The van der Waals surface area contributed by atoms with E-state index in [4.69, 9.17) is 5.73 Å². The molecule has 50 valence electrons. The van der Waals surface area contributed by atoms with Gasteiger partial charge in [0.15, 0.2) is 5.82 Å². The summed E-state index contributed by atoms with van der Waals surface area (Å²) in [6.07, 6.45) is 0. The summed E-state index contributed by atoms with van der Waals surface area (Å²) in [5, 5.41) is 6.88. The van der Waals surface area contributed by atoms with Gasteiger partial charge < -0.3 is 5.73 Å². The Kier molecular flexibility index (Phi) is 1.33. The molecule has 0 unspecified atom stereocenters. The summed E-state index contributed by atoms with van der Waals surface area (Å²) in [5.41, 5.74) is 5.24. The molecule has 0 aliphatic carbocycles. The van der Waals surface area contributed by atoms with Crippen LogP contribution in [0.25, 0.3) is 0 Å². The van der Waals surface area contributed by atoms with Crippen LogP contribution in [0.1, 0.15) is 5.82 Å². The average Bonchev–Trinajstić information content (AvgIpc) is 2.15. The molecule has 1 rings (SSSR count). The minimum absolute atomic E-state index is 0.239. The molecule has 0 aromatic carbocycles. The van der Waals surface area contributed by atoms with Crippen molar-refractivity contribution in [3.8, 4) is 0 Å². The van der Waals surface area contributed by atoms with Crippen molar-refractivity contribution in [2.45, 2.75) is 6.67 Å². The molecule has 4 nitrogen and oxygen atoms in total. The molecule has 2 N–H and O–H groups in total. The lowest BCUT2D eigenvalue weighted by Crippen LogP contribution is -1.99. The van der Waals surface area contributed by atoms with Crippen LogP contribution in [-0.2, 0) is 13.7 Å². The summed E-state index contributed by atoms with van der Waals surface area (Å²) < 4.78 is 13.2. The highest BCUT2D eigenvalue weighted by Gasteiger charge is 2.02. The number of aromatic nitrogens is 3. The molecule has 1 heterocycles. The predicted octanol–water partition coefficient (Wildman–Crippen LogP) is -0.133. The molecule has 0 saturated carbocycles. The second-order valence-corrected chi connectivity index (χ2v) is 1.67. The van der Waals surface area contributed by atoms with Crippen molar-refractivity contribution in [2.24, 2.45) is 7.05 Å². The van der Waals surface area contributed by atoms with Crippen molar-refractivity contribution in [2.75, 3.05) is 5.73 Å². The molecule has 0 saturated heterocycles. The summed E-state index contributed by atoms with van der Waals surface area (Å²) >= 11 is 0. The van der Waals surface area contributed by atoms with E-state index in [1.165, 1.54) is 4.57 Å². The normalized spacial score (nSPS) is 10.0. The van der Waals surface area contributed by atoms with Crippen LogP contribution in [0.15, 0.2) is 0 Å². The first-order valence-corrected chi connectivity index (χ1v) is 2.45. The van der Waals surface area contributed by atoms with E-state index in [1.807, 2.05) is 0 Å². The predicted molar refractivity (Wildman–Crippen MR) is 30.2 cm³/mol. The van der Waals surface area contributed by atoms with Gasteiger partial charge in [-0.2, -0.15) is 0 Å². The van der Waals surface area contributed by atoms with Crippen LogP contribution in [-0.4, -0.2) is 14.8 Å². The van der Waals surface area contributed by atoms with E-state index in [1.54, 1.807) is 7.05 Å². The van der Waals surface area contributed by atoms with Gasteiger partial charge in [0.25, 0.3) is 0 Å². The Morgan fingerprint density at radius 3 is 2.56 bits per heavy atom. The molecule has 0 atom stereocenters. The van der Waals surface area contributed by atoms with Gasteiger partial charge in [0.2, 0.25) is 5.95 Å². The summed E-state index contributed by atoms with van der Waals surface area (Å²) in [7, 11) is 1.62. The third kappa shape index (κ3) is 0.847. The van der Waals surface area contributed by atoms with Crippen molar-refractivity contribution in [3.05, 3.63) is 5.82 Å². The molecule has 0 aliphatic rings. The van der Waals surface area contributed by atoms with Crippen LogP contribution in [0.5, 0.6) is 0 Å². The van der Waals surface area contributed by atoms with Crippen LogP contribution in [0.4, 0.5) is 10.3 Å². The molecule has 0 bridgehead atoms. The van der Waals surface area contributed by atoms with Crippen LogP contribution in [0.3, 0.4) is 0 Å². The Balaban J connectivity index is 3.04. The van der Waals surface area contributed by atoms with Gasteiger partial charge in [-0.1, -0.05) is 0 Å². The van der Waals surface area contributed by atoms with Gasteiger partial charge in [-0.05, 0) is 0 Å². The maximum Gasteiger partial charge on any atom is 0.221 e. The number of anilines is 1. The minimum Gasteiger partial charge on any atom is -0.368 e. The largest absolute Gasteiger partial charge is 0.368 e. The fourth-order valence-electron chi connectivity index (χ4n) is 0.492. The van der Waals surface area contributed by atoms with Gasteiger partial charge >= 0.3 is 0 Å². The number of nitrogen functional groups attached to an aromatic ring is 1. The van der Waals surface area contributed by atoms with E-state index in [2.05, 4.69) is 10.2 Å². The van der Waals surface area contributed by atoms with Crippen LogP contribution in [0.2, 0.25) is 0 Å². The SMILES string of the molecule is Cn1c(N)nnc1CF. The second kappa shape index (κ2) is 2.00. The minimum atomic E-state index is -0.624. The molecule has 0 radical (unpaired) electrons. The van der Waals surface area contributed by atoms with Crippen LogP contribution < -0.4 is 5.73 Å². The topological polar surface area (TPSA) is 56.7 Å². The van der Waals surface area contributed by atoms with Gasteiger partial charge in [-0.15, -0.1) is 10.2 Å². The third-order valence-electron chi connectivity index (χ3n) is 1.12. The van der Waals surface area contributed by atoms with Crippen molar-refractivity contribution >= 4 is 5.95 Å². The smallest absolute Gasteiger partial charge is 0.221 e. The lowest BCUT2D eigenvalue weighted by atomic mass is 10.7. The highest BCUT2D eigenvalue weighted by atomic mass is 19.1. The number of nitrogens with two attached hydrogens (primary N) is 1. The molecule has 0 amide bonds. The van der Waals surface area contributed by atoms with Gasteiger partial charge in [0.1, 0.15) is 6.67 Å². The quantitative estimate of drug-likeness (QED) is 0.576. The first-order valence-electron chi connectivity index (χ1n) is 2.45. The Morgan fingerprint density at radius 2 is 2.33 bits per heavy atom. The standard InChI is InChI=1S/C4H7FN4/c1-9-3(2-5)7-8-4(9)6/h2H2,1H3,(H2,6,8). The molecule has 9 heavy (non-hydrogen) atoms. The number of hydrogen-bond donors (Lipinski definition) is 1. The van der Waals surface area contributed by atoms with Crippen LogP contribution in [0, 0.1) is 0 Å². The zero-order valence-electron chi connectivity index (χ0n) is 5.00. The first-order chi connectivity index (χ1) is 4.25. The lowest BCUT2D eigenvalue weighted by Gasteiger charge is -1.92. The Bertz CT molecular complexity index is 206. The molecule has 5 heteroatoms. The number of halogens is 1. The van der Waals surface area contributed by atoms with Gasteiger partial charge in [-0.25, -0.2) is 4.39 Å². The van der Waals surface area contributed by atoms with Crippen molar-refractivity contribution in [3.63, 3.8) is 0 Å². The van der Waals surface area contributed by atoms with Crippen LogP contribution >= 0.6 is 0 Å². The molecule has 0 spiro atoms. The second-order valence-electron chi connectivity index (χ2n) is 1.67. The maximum atomic E-state index is 11.8. The van der Waals surface area contributed by atoms with E-state index < -0.39 is 6.67 Å². The number of nitrogens with zero attached hydrogens (tertiary/aromatic N) is 3. The van der Waals surface area contributed by atoms with Gasteiger partial charge in [0, 0.05) is 7.05 Å². The van der Waals surface area contributed by atoms with E-state index in [0.29, 0.717) is 0 Å². The molecule has 1 aromatic heterocycles. The summed E-state index contributed by atoms with van der Waals surface area (Å²) in [5.74, 6) is 0.496. The van der Waals surface area contributed by atoms with Crippen molar-refractivity contribution < 1.29 is 4.39 Å². The van der Waals surface area contributed by atoms with Gasteiger partial charge in [0.05, 0.1) is 0 Å². The Hall–Kier alpha value is -1.13. The van der Waals surface area contributed by atoms with Crippen molar-refractivity contribution in [1.82, 2.24) is 14.8 Å². The maximum absolute atomic E-state index is 11.8.